The summed E-state index contributed by atoms with van der Waals surface area (Å²) < 4.78 is 61.3. The minimum atomic E-state index is -4.81. The number of likely N-dealkylation sites (tertiary alicyclic amines) is 1. The molecule has 1 aromatic carbocycles. The Labute approximate surface area is 201 Å². The van der Waals surface area contributed by atoms with Crippen molar-refractivity contribution in [2.45, 2.75) is 24.9 Å². The number of hydrogen-bond acceptors (Lipinski definition) is 4. The Bertz CT molecular complexity index is 1440. The molecule has 1 unspecified atom stereocenters. The number of carbonyl (C=O) groups excluding carboxylic acids is 1. The number of hydrogen-bond donors (Lipinski definition) is 1. The van der Waals surface area contributed by atoms with Crippen LogP contribution in [0.4, 0.5) is 17.6 Å². The third kappa shape index (κ3) is 4.32. The molecule has 7 nitrogen and oxygen atoms in total. The molecular formula is C25H19F4N3O4. The van der Waals surface area contributed by atoms with Gasteiger partial charge in [0.05, 0.1) is 30.2 Å². The van der Waals surface area contributed by atoms with Crippen LogP contribution in [0.2, 0.25) is 0 Å². The third-order valence-electron chi connectivity index (χ3n) is 6.32. The standard InChI is InChI=1S/C25H19F4N3O4/c26-18-3-1-14(2-4-18)15-5-7-31(11-15)24(35)22-20(10-21(33)34)32-12-17(16-6-8-36-13-16)9-19(23(32)30-22)25(27,28)29/h1-4,6,8-9,12-13,15H,5,7,10-11H2,(H,33,34). The molecule has 4 aromatic rings. The predicted octanol–water partition coefficient (Wildman–Crippen LogP) is 5.01. The molecule has 186 valence electrons. The summed E-state index contributed by atoms with van der Waals surface area (Å²) in [4.78, 5) is 30.5. The Balaban J connectivity index is 1.59. The predicted molar refractivity (Wildman–Crippen MR) is 119 cm³/mol. The van der Waals surface area contributed by atoms with Crippen molar-refractivity contribution >= 4 is 17.5 Å². The van der Waals surface area contributed by atoms with E-state index in [0.29, 0.717) is 18.5 Å². The van der Waals surface area contributed by atoms with Gasteiger partial charge in [0.2, 0.25) is 0 Å². The van der Waals surface area contributed by atoms with Crippen molar-refractivity contribution in [3.63, 3.8) is 0 Å². The number of alkyl halides is 3. The summed E-state index contributed by atoms with van der Waals surface area (Å²) in [6.45, 7) is 0.547. The van der Waals surface area contributed by atoms with E-state index < -0.39 is 35.7 Å². The lowest BCUT2D eigenvalue weighted by molar-refractivity contribution is -0.137. The summed E-state index contributed by atoms with van der Waals surface area (Å²) in [5.41, 5.74) is -0.829. The van der Waals surface area contributed by atoms with Gasteiger partial charge in [-0.05, 0) is 36.2 Å². The summed E-state index contributed by atoms with van der Waals surface area (Å²) in [5.74, 6) is -2.45. The van der Waals surface area contributed by atoms with E-state index in [2.05, 4.69) is 4.98 Å². The molecule has 5 rings (SSSR count). The van der Waals surface area contributed by atoms with Gasteiger partial charge < -0.3 is 18.8 Å². The van der Waals surface area contributed by atoms with Gasteiger partial charge in [-0.1, -0.05) is 12.1 Å². The van der Waals surface area contributed by atoms with Gasteiger partial charge in [-0.2, -0.15) is 13.2 Å². The number of furan rings is 1. The minimum Gasteiger partial charge on any atom is -0.481 e. The highest BCUT2D eigenvalue weighted by atomic mass is 19.4. The zero-order valence-corrected chi connectivity index (χ0v) is 18.6. The van der Waals surface area contributed by atoms with Crippen LogP contribution < -0.4 is 0 Å². The molecule has 0 spiro atoms. The van der Waals surface area contributed by atoms with Gasteiger partial charge in [-0.15, -0.1) is 0 Å². The van der Waals surface area contributed by atoms with E-state index in [4.69, 9.17) is 4.42 Å². The van der Waals surface area contributed by atoms with E-state index in [0.717, 1.165) is 16.0 Å². The van der Waals surface area contributed by atoms with Crippen molar-refractivity contribution < 1.29 is 36.7 Å². The number of benzene rings is 1. The van der Waals surface area contributed by atoms with Gasteiger partial charge in [0.15, 0.2) is 5.69 Å². The number of pyridine rings is 1. The normalized spacial score (nSPS) is 16.1. The molecule has 1 aliphatic rings. The number of nitrogens with zero attached hydrogens (tertiary/aromatic N) is 3. The second-order valence-corrected chi connectivity index (χ2v) is 8.61. The van der Waals surface area contributed by atoms with E-state index in [-0.39, 0.29) is 35.2 Å². The smallest absolute Gasteiger partial charge is 0.420 e. The molecule has 1 fully saturated rings. The fourth-order valence-electron chi connectivity index (χ4n) is 4.57. The van der Waals surface area contributed by atoms with E-state index >= 15 is 0 Å². The zero-order valence-electron chi connectivity index (χ0n) is 18.6. The van der Waals surface area contributed by atoms with Crippen molar-refractivity contribution in [3.05, 3.63) is 83.5 Å². The summed E-state index contributed by atoms with van der Waals surface area (Å²) >= 11 is 0. The van der Waals surface area contributed by atoms with Crippen molar-refractivity contribution in [1.29, 1.82) is 0 Å². The molecule has 1 N–H and O–H groups in total. The lowest BCUT2D eigenvalue weighted by Crippen LogP contribution is -2.30. The van der Waals surface area contributed by atoms with Gasteiger partial charge in [0.1, 0.15) is 11.5 Å². The molecule has 1 aliphatic heterocycles. The molecule has 0 saturated carbocycles. The molecule has 4 heterocycles. The number of carbonyl (C=O) groups is 2. The van der Waals surface area contributed by atoms with E-state index in [1.165, 1.54) is 41.8 Å². The number of fused-ring (bicyclic) bond motifs is 1. The Hall–Kier alpha value is -4.15. The number of halogens is 4. The van der Waals surface area contributed by atoms with Crippen LogP contribution in [0.15, 0.2) is 59.5 Å². The number of imidazole rings is 1. The average Bonchev–Trinajstić information content (AvgIpc) is 3.58. The van der Waals surface area contributed by atoms with Gasteiger partial charge in [-0.25, -0.2) is 9.37 Å². The zero-order chi connectivity index (χ0) is 25.6. The fourth-order valence-corrected chi connectivity index (χ4v) is 4.57. The maximum atomic E-state index is 14.0. The monoisotopic (exact) mass is 501 g/mol. The molecule has 36 heavy (non-hydrogen) atoms. The highest BCUT2D eigenvalue weighted by molar-refractivity contribution is 5.96. The number of carboxylic acids is 1. The molecule has 1 saturated heterocycles. The summed E-state index contributed by atoms with van der Waals surface area (Å²) in [5, 5.41) is 9.48. The quantitative estimate of drug-likeness (QED) is 0.389. The van der Waals surface area contributed by atoms with Crippen molar-refractivity contribution in [3.8, 4) is 11.1 Å². The topological polar surface area (TPSA) is 88.0 Å². The Morgan fingerprint density at radius 1 is 1.14 bits per heavy atom. The second-order valence-electron chi connectivity index (χ2n) is 8.61. The second kappa shape index (κ2) is 8.81. The molecule has 0 bridgehead atoms. The highest BCUT2D eigenvalue weighted by Crippen LogP contribution is 2.37. The first-order chi connectivity index (χ1) is 17.1. The van der Waals surface area contributed by atoms with Crippen LogP contribution in [0.25, 0.3) is 16.8 Å². The van der Waals surface area contributed by atoms with Crippen LogP contribution in [-0.4, -0.2) is 44.4 Å². The van der Waals surface area contributed by atoms with Crippen LogP contribution in [-0.2, 0) is 17.4 Å². The molecule has 11 heteroatoms. The summed E-state index contributed by atoms with van der Waals surface area (Å²) in [6.07, 6.45) is -1.06. The lowest BCUT2D eigenvalue weighted by atomic mass is 9.99. The molecule has 0 radical (unpaired) electrons. The van der Waals surface area contributed by atoms with Crippen molar-refractivity contribution in [2.75, 3.05) is 13.1 Å². The molecule has 1 amide bonds. The van der Waals surface area contributed by atoms with E-state index in [1.807, 2.05) is 0 Å². The molecule has 0 aliphatic carbocycles. The average molecular weight is 501 g/mol. The maximum Gasteiger partial charge on any atom is 0.420 e. The van der Waals surface area contributed by atoms with E-state index in [9.17, 15) is 32.3 Å². The minimum absolute atomic E-state index is 0.0899. The van der Waals surface area contributed by atoms with Crippen molar-refractivity contribution in [1.82, 2.24) is 14.3 Å². The van der Waals surface area contributed by atoms with Gasteiger partial charge in [-0.3, -0.25) is 9.59 Å². The molecule has 1 atom stereocenters. The highest BCUT2D eigenvalue weighted by Gasteiger charge is 2.38. The first kappa shape index (κ1) is 23.6. The van der Waals surface area contributed by atoms with Gasteiger partial charge in [0.25, 0.3) is 5.91 Å². The number of carboxylic acid groups (broad SMARTS) is 1. The fraction of sp³-hybridized carbons (Fsp3) is 0.240. The molecule has 3 aromatic heterocycles. The largest absolute Gasteiger partial charge is 0.481 e. The lowest BCUT2D eigenvalue weighted by Gasteiger charge is -2.16. The summed E-state index contributed by atoms with van der Waals surface area (Å²) in [6, 6.07) is 8.27. The Morgan fingerprint density at radius 2 is 1.89 bits per heavy atom. The summed E-state index contributed by atoms with van der Waals surface area (Å²) in [7, 11) is 0. The SMILES string of the molecule is O=C(O)Cc1c(C(=O)N2CCC(c3ccc(F)cc3)C2)nc2c(C(F)(F)F)cc(-c3ccoc3)cn12. The third-order valence-corrected chi connectivity index (χ3v) is 6.32. The number of amides is 1. The maximum absolute atomic E-state index is 14.0. The number of aromatic nitrogens is 2. The van der Waals surface area contributed by atoms with E-state index in [1.54, 1.807) is 12.1 Å². The number of aliphatic carboxylic acids is 1. The van der Waals surface area contributed by atoms with Crippen molar-refractivity contribution in [2.24, 2.45) is 0 Å². The van der Waals surface area contributed by atoms with Crippen LogP contribution in [0.5, 0.6) is 0 Å². The Kier molecular flexibility index (Phi) is 5.77. The first-order valence-corrected chi connectivity index (χ1v) is 11.0. The van der Waals surface area contributed by atoms with Crippen LogP contribution in [0, 0.1) is 5.82 Å². The first-order valence-electron chi connectivity index (χ1n) is 11.0. The van der Waals surface area contributed by atoms with Crippen LogP contribution >= 0.6 is 0 Å². The van der Waals surface area contributed by atoms with Crippen LogP contribution in [0.1, 0.15) is 39.6 Å². The van der Waals surface area contributed by atoms with Crippen LogP contribution in [0.3, 0.4) is 0 Å². The van der Waals surface area contributed by atoms with Gasteiger partial charge in [0, 0.05) is 36.3 Å². The molecular weight excluding hydrogens is 482 g/mol. The number of rotatable bonds is 5. The Morgan fingerprint density at radius 3 is 2.53 bits per heavy atom. The van der Waals surface area contributed by atoms with Gasteiger partial charge >= 0.3 is 12.1 Å².